The number of benzene rings is 4. The molecule has 1 amide bonds. The van der Waals surface area contributed by atoms with Gasteiger partial charge in [-0.15, -0.1) is 26.3 Å². The first-order valence-electron chi connectivity index (χ1n) is 20.9. The van der Waals surface area contributed by atoms with Crippen LogP contribution in [0.15, 0.2) is 116 Å². The largest absolute Gasteiger partial charge is 0.573 e. The fourth-order valence-electron chi connectivity index (χ4n) is 7.62. The molecule has 1 aliphatic rings. The average molecular weight is 958 g/mol. The number of anilines is 2. The Morgan fingerprint density at radius 1 is 0.776 bits per heavy atom. The summed E-state index contributed by atoms with van der Waals surface area (Å²) in [4.78, 5) is 27.8. The van der Waals surface area contributed by atoms with Gasteiger partial charge in [-0.2, -0.15) is 13.2 Å². The molecule has 4 heterocycles. The van der Waals surface area contributed by atoms with Crippen molar-refractivity contribution in [1.82, 2.24) is 24.7 Å². The molecular formula is C47H41ClF9N7O3. The zero-order valence-corrected chi connectivity index (χ0v) is 36.2. The van der Waals surface area contributed by atoms with Gasteiger partial charge < -0.3 is 25.0 Å². The third-order valence-electron chi connectivity index (χ3n) is 10.9. The molecule has 0 saturated carbocycles. The number of amides is 1. The summed E-state index contributed by atoms with van der Waals surface area (Å²) in [5.41, 5.74) is 5.11. The van der Waals surface area contributed by atoms with Gasteiger partial charge in [0, 0.05) is 43.4 Å². The Hall–Kier alpha value is -6.76. The lowest BCUT2D eigenvalue weighted by molar-refractivity contribution is -0.275. The van der Waals surface area contributed by atoms with Crippen LogP contribution in [0.1, 0.15) is 64.1 Å². The number of halogens is 10. The number of fused-ring (bicyclic) bond motifs is 2. The second-order valence-electron chi connectivity index (χ2n) is 15.4. The molecule has 0 radical (unpaired) electrons. The summed E-state index contributed by atoms with van der Waals surface area (Å²) in [6, 6.07) is 26.5. The number of ether oxygens (including phenoxy) is 2. The Morgan fingerprint density at radius 3 is 2.01 bits per heavy atom. The Kier molecular flexibility index (Phi) is 14.7. The van der Waals surface area contributed by atoms with Gasteiger partial charge in [-0.25, -0.2) is 15.0 Å². The third kappa shape index (κ3) is 13.0. The molecule has 4 aromatic carbocycles. The quantitative estimate of drug-likeness (QED) is 0.117. The molecule has 0 spiro atoms. The first-order valence-corrected chi connectivity index (χ1v) is 21.2. The van der Waals surface area contributed by atoms with Crippen LogP contribution in [-0.4, -0.2) is 57.6 Å². The monoisotopic (exact) mass is 957 g/mol. The molecule has 2 N–H and O–H groups in total. The molecule has 352 valence electrons. The van der Waals surface area contributed by atoms with E-state index in [4.69, 9.17) is 11.6 Å². The van der Waals surface area contributed by atoms with E-state index in [1.54, 1.807) is 34.9 Å². The molecule has 0 aliphatic carbocycles. The lowest BCUT2D eigenvalue weighted by Crippen LogP contribution is -2.32. The van der Waals surface area contributed by atoms with E-state index in [0.717, 1.165) is 72.5 Å². The number of imidazole rings is 1. The number of aryl methyl sites for hydroxylation is 1. The second kappa shape index (κ2) is 20.4. The predicted octanol–water partition coefficient (Wildman–Crippen LogP) is 12.0. The molecule has 0 atom stereocenters. The van der Waals surface area contributed by atoms with Crippen LogP contribution in [-0.2, 0) is 25.6 Å². The summed E-state index contributed by atoms with van der Waals surface area (Å²) in [6.45, 7) is 4.40. The summed E-state index contributed by atoms with van der Waals surface area (Å²) in [6.07, 6.45) is -8.14. The summed E-state index contributed by atoms with van der Waals surface area (Å²) in [5, 5.41) is 6.97. The Morgan fingerprint density at radius 2 is 1.40 bits per heavy atom. The highest BCUT2D eigenvalue weighted by Gasteiger charge is 2.33. The van der Waals surface area contributed by atoms with Crippen molar-refractivity contribution in [3.05, 3.63) is 154 Å². The van der Waals surface area contributed by atoms with Gasteiger partial charge in [0.25, 0.3) is 5.91 Å². The third-order valence-corrected chi connectivity index (χ3v) is 11.1. The molecule has 3 aromatic heterocycles. The molecule has 10 nitrogen and oxygen atoms in total. The van der Waals surface area contributed by atoms with Gasteiger partial charge in [0.05, 0.1) is 21.8 Å². The molecule has 1 saturated heterocycles. The average Bonchev–Trinajstić information content (AvgIpc) is 3.66. The van der Waals surface area contributed by atoms with Crippen LogP contribution in [0.3, 0.4) is 0 Å². The molecule has 0 unspecified atom stereocenters. The van der Waals surface area contributed by atoms with E-state index < -0.39 is 24.5 Å². The van der Waals surface area contributed by atoms with Gasteiger partial charge in [-0.3, -0.25) is 9.20 Å². The van der Waals surface area contributed by atoms with Gasteiger partial charge in [-0.05, 0) is 115 Å². The number of rotatable bonds is 12. The van der Waals surface area contributed by atoms with E-state index >= 15 is 0 Å². The Labute approximate surface area is 382 Å². The summed E-state index contributed by atoms with van der Waals surface area (Å²) >= 11 is 6.14. The van der Waals surface area contributed by atoms with Gasteiger partial charge in [-0.1, -0.05) is 54.9 Å². The maximum Gasteiger partial charge on any atom is 0.573 e. The van der Waals surface area contributed by atoms with Crippen LogP contribution in [0.4, 0.5) is 51.0 Å². The number of pyridine rings is 1. The van der Waals surface area contributed by atoms with Crippen molar-refractivity contribution in [3.8, 4) is 11.5 Å². The van der Waals surface area contributed by atoms with Gasteiger partial charge in [0.15, 0.2) is 0 Å². The smallest absolute Gasteiger partial charge is 0.406 e. The van der Waals surface area contributed by atoms with Gasteiger partial charge in [0.2, 0.25) is 0 Å². The molecule has 7 aromatic rings. The molecule has 20 heteroatoms. The number of hydrogen-bond donors (Lipinski definition) is 2. The highest BCUT2D eigenvalue weighted by Crippen LogP contribution is 2.34. The van der Waals surface area contributed by atoms with E-state index in [1.165, 1.54) is 42.5 Å². The maximum atomic E-state index is 13.0. The Bertz CT molecular complexity index is 2780. The SMILES string of the molecule is CCc1nc2ccc(Cl)cn2c1C(=O)NCc1ccc(N2CCC(c3ccc(OC(F)(F)F)cc3)CC2)cc1.FC(F)(F)Oc1ccc(CCNc2ncnc3cc(C(F)(F)F)ccc23)cc1. The minimum absolute atomic E-state index is 0.154. The lowest BCUT2D eigenvalue weighted by atomic mass is 9.89. The van der Waals surface area contributed by atoms with Crippen molar-refractivity contribution >= 4 is 45.6 Å². The maximum absolute atomic E-state index is 13.0. The van der Waals surface area contributed by atoms with E-state index in [0.29, 0.717) is 53.5 Å². The number of aromatic nitrogens is 4. The van der Waals surface area contributed by atoms with Crippen LogP contribution in [0, 0.1) is 0 Å². The first-order chi connectivity index (χ1) is 31.8. The van der Waals surface area contributed by atoms with Crippen LogP contribution in [0.5, 0.6) is 11.5 Å². The minimum Gasteiger partial charge on any atom is -0.406 e. The summed E-state index contributed by atoms with van der Waals surface area (Å²) in [7, 11) is 0. The number of carbonyl (C=O) groups excluding carboxylic acids is 1. The fourth-order valence-corrected chi connectivity index (χ4v) is 7.78. The van der Waals surface area contributed by atoms with Crippen molar-refractivity contribution in [2.45, 2.75) is 64.0 Å². The first kappa shape index (κ1) is 48.2. The number of carbonyl (C=O) groups is 1. The minimum atomic E-state index is -4.75. The molecule has 8 rings (SSSR count). The fraction of sp³-hybridized carbons (Fsp3) is 0.277. The predicted molar refractivity (Wildman–Crippen MR) is 234 cm³/mol. The molecule has 0 bridgehead atoms. The molecule has 67 heavy (non-hydrogen) atoms. The van der Waals surface area contributed by atoms with Crippen molar-refractivity contribution in [1.29, 1.82) is 0 Å². The number of alkyl halides is 9. The van der Waals surface area contributed by atoms with Crippen molar-refractivity contribution in [3.63, 3.8) is 0 Å². The lowest BCUT2D eigenvalue weighted by Gasteiger charge is -2.34. The van der Waals surface area contributed by atoms with Gasteiger partial charge in [0.1, 0.15) is 35.0 Å². The van der Waals surface area contributed by atoms with Crippen LogP contribution < -0.4 is 25.0 Å². The van der Waals surface area contributed by atoms with Gasteiger partial charge >= 0.3 is 18.9 Å². The van der Waals surface area contributed by atoms with Crippen molar-refractivity contribution in [2.75, 3.05) is 29.9 Å². The van der Waals surface area contributed by atoms with Crippen LogP contribution in [0.2, 0.25) is 5.02 Å². The zero-order valence-electron chi connectivity index (χ0n) is 35.4. The highest BCUT2D eigenvalue weighted by molar-refractivity contribution is 6.30. The molecular weight excluding hydrogens is 917 g/mol. The van der Waals surface area contributed by atoms with E-state index in [1.807, 2.05) is 19.1 Å². The number of piperidine rings is 1. The topological polar surface area (TPSA) is 106 Å². The normalized spacial score (nSPS) is 13.6. The van der Waals surface area contributed by atoms with Crippen LogP contribution >= 0.6 is 11.6 Å². The molecule has 1 aliphatic heterocycles. The number of hydrogen-bond acceptors (Lipinski definition) is 8. The van der Waals surface area contributed by atoms with E-state index in [9.17, 15) is 44.3 Å². The summed E-state index contributed by atoms with van der Waals surface area (Å²) < 4.78 is 122. The molecule has 1 fully saturated rings. The van der Waals surface area contributed by atoms with E-state index in [-0.39, 0.29) is 28.8 Å². The van der Waals surface area contributed by atoms with Crippen LogP contribution in [0.25, 0.3) is 16.6 Å². The zero-order chi connectivity index (χ0) is 47.9. The van der Waals surface area contributed by atoms with E-state index in [2.05, 4.69) is 52.1 Å². The number of nitrogens with one attached hydrogen (secondary N) is 2. The van der Waals surface area contributed by atoms with Crippen molar-refractivity contribution in [2.24, 2.45) is 0 Å². The Balaban J connectivity index is 0.000000210. The van der Waals surface area contributed by atoms with Crippen molar-refractivity contribution < 1.29 is 53.8 Å². The highest BCUT2D eigenvalue weighted by atomic mass is 35.5. The summed E-state index contributed by atoms with van der Waals surface area (Å²) in [5.74, 6) is -0.0557. The second-order valence-corrected chi connectivity index (χ2v) is 15.8. The standard InChI is InChI=1S/C29H28ClF3N4O2.C18H13F6N3O/c1-2-25-27(37-18-22(30)7-12-26(37)35-25)28(38)34-17-19-3-8-23(9-4-19)36-15-13-21(14-16-36)20-5-10-24(11-6-20)39-29(31,32)33;19-17(20,21)12-3-6-14-15(9-12)26-10-27-16(14)25-8-7-11-1-4-13(5-2-11)28-18(22,23)24/h3-12,18,21H,2,13-17H2,1H3,(H,34,38);1-6,9-10H,7-8H2,(H,25,26,27). The number of nitrogens with zero attached hydrogens (tertiary/aromatic N) is 5.